The summed E-state index contributed by atoms with van der Waals surface area (Å²) in [6.45, 7) is 2.32. The number of rotatable bonds is 1. The quantitative estimate of drug-likeness (QED) is 0.646. The van der Waals surface area contributed by atoms with E-state index in [1.807, 2.05) is 0 Å². The lowest BCUT2D eigenvalue weighted by Gasteiger charge is -2.21. The zero-order chi connectivity index (χ0) is 11.7. The fourth-order valence-electron chi connectivity index (χ4n) is 2.77. The Morgan fingerprint density at radius 2 is 1.88 bits per heavy atom. The molecule has 0 amide bonds. The van der Waals surface area contributed by atoms with Crippen molar-refractivity contribution >= 4 is 16.3 Å². The second-order valence-electron chi connectivity index (χ2n) is 4.91. The molecule has 0 heterocycles. The number of hydrogen-bond acceptors (Lipinski definition) is 0. The van der Waals surface area contributed by atoms with Gasteiger partial charge >= 0.3 is 0 Å². The van der Waals surface area contributed by atoms with Gasteiger partial charge < -0.3 is 0 Å². The van der Waals surface area contributed by atoms with Crippen LogP contribution < -0.4 is 0 Å². The van der Waals surface area contributed by atoms with Crippen molar-refractivity contribution in [3.05, 3.63) is 54.1 Å². The minimum atomic E-state index is 0.648. The molecular formula is C17H17. The van der Waals surface area contributed by atoms with Crippen molar-refractivity contribution in [2.75, 3.05) is 0 Å². The Hall–Kier alpha value is -1.56. The average Bonchev–Trinajstić information content (AvgIpc) is 2.39. The molecule has 2 aromatic rings. The predicted molar refractivity (Wildman–Crippen MR) is 73.6 cm³/mol. The van der Waals surface area contributed by atoms with E-state index in [1.54, 1.807) is 0 Å². The van der Waals surface area contributed by atoms with Crippen LogP contribution in [0.2, 0.25) is 0 Å². The molecule has 0 fully saturated rings. The Bertz CT molecular complexity index is 558. The number of fused-ring (bicyclic) bond motifs is 1. The minimum Gasteiger partial charge on any atom is -0.0616 e. The molecule has 17 heavy (non-hydrogen) atoms. The van der Waals surface area contributed by atoms with Gasteiger partial charge in [0.2, 0.25) is 0 Å². The SMILES string of the molecule is CC1CCC[C]=C1c1cccc2ccccc12. The fraction of sp³-hybridized carbons (Fsp3) is 0.294. The number of allylic oxidation sites excluding steroid dienone is 2. The first-order valence-corrected chi connectivity index (χ1v) is 6.45. The molecule has 0 nitrogen and oxygen atoms in total. The molecule has 2 aromatic carbocycles. The Balaban J connectivity index is 2.20. The van der Waals surface area contributed by atoms with E-state index in [4.69, 9.17) is 0 Å². The summed E-state index contributed by atoms with van der Waals surface area (Å²) in [5.41, 5.74) is 2.81. The van der Waals surface area contributed by atoms with Gasteiger partial charge in [0.15, 0.2) is 0 Å². The molecular weight excluding hydrogens is 204 g/mol. The summed E-state index contributed by atoms with van der Waals surface area (Å²) < 4.78 is 0. The standard InChI is InChI=1S/C17H17/c1-13-7-2-4-10-15(13)17-12-6-9-14-8-3-5-11-16(14)17/h3,5-6,8-9,11-13H,2,4,7H2,1H3. The van der Waals surface area contributed by atoms with Gasteiger partial charge in [-0.1, -0.05) is 49.4 Å². The van der Waals surface area contributed by atoms with Crippen LogP contribution in [0, 0.1) is 12.0 Å². The molecule has 0 spiro atoms. The van der Waals surface area contributed by atoms with Gasteiger partial charge in [-0.15, -0.1) is 0 Å². The van der Waals surface area contributed by atoms with Gasteiger partial charge in [0, 0.05) is 0 Å². The van der Waals surface area contributed by atoms with Crippen LogP contribution in [0.15, 0.2) is 42.5 Å². The first-order valence-electron chi connectivity index (χ1n) is 6.45. The maximum absolute atomic E-state index is 3.59. The summed E-state index contributed by atoms with van der Waals surface area (Å²) in [7, 11) is 0. The molecule has 0 aromatic heterocycles. The van der Waals surface area contributed by atoms with E-state index in [0.717, 1.165) is 6.42 Å². The van der Waals surface area contributed by atoms with Crippen LogP contribution >= 0.6 is 0 Å². The lowest BCUT2D eigenvalue weighted by Crippen LogP contribution is -2.04. The molecule has 1 atom stereocenters. The first kappa shape index (κ1) is 10.6. The van der Waals surface area contributed by atoms with Gasteiger partial charge in [-0.2, -0.15) is 0 Å². The van der Waals surface area contributed by atoms with Gasteiger partial charge in [0.25, 0.3) is 0 Å². The summed E-state index contributed by atoms with van der Waals surface area (Å²) in [5, 5.41) is 2.70. The van der Waals surface area contributed by atoms with E-state index in [1.165, 1.54) is 34.8 Å². The van der Waals surface area contributed by atoms with Crippen molar-refractivity contribution < 1.29 is 0 Å². The Labute approximate surface area is 103 Å². The average molecular weight is 221 g/mol. The summed E-state index contributed by atoms with van der Waals surface area (Å²) in [5.74, 6) is 0.648. The highest BCUT2D eigenvalue weighted by atomic mass is 14.2. The van der Waals surface area contributed by atoms with Gasteiger partial charge in [0.1, 0.15) is 0 Å². The molecule has 1 radical (unpaired) electrons. The predicted octanol–water partition coefficient (Wildman–Crippen LogP) is 4.85. The van der Waals surface area contributed by atoms with Gasteiger partial charge in [-0.25, -0.2) is 0 Å². The maximum Gasteiger partial charge on any atom is -0.0108 e. The first-order chi connectivity index (χ1) is 8.36. The van der Waals surface area contributed by atoms with E-state index < -0.39 is 0 Å². The number of benzene rings is 2. The lowest BCUT2D eigenvalue weighted by atomic mass is 9.83. The van der Waals surface area contributed by atoms with Crippen LogP contribution in [0.25, 0.3) is 16.3 Å². The van der Waals surface area contributed by atoms with Gasteiger partial charge in [-0.05, 0) is 53.2 Å². The van der Waals surface area contributed by atoms with E-state index in [-0.39, 0.29) is 0 Å². The van der Waals surface area contributed by atoms with Crippen LogP contribution in [-0.2, 0) is 0 Å². The second kappa shape index (κ2) is 4.37. The van der Waals surface area contributed by atoms with Gasteiger partial charge in [-0.3, -0.25) is 0 Å². The molecule has 1 aliphatic carbocycles. The van der Waals surface area contributed by atoms with Crippen molar-refractivity contribution in [3.63, 3.8) is 0 Å². The highest BCUT2D eigenvalue weighted by Gasteiger charge is 2.16. The van der Waals surface area contributed by atoms with E-state index in [9.17, 15) is 0 Å². The molecule has 0 heteroatoms. The highest BCUT2D eigenvalue weighted by molar-refractivity contribution is 5.93. The Morgan fingerprint density at radius 1 is 1.06 bits per heavy atom. The Kier molecular flexibility index (Phi) is 2.72. The lowest BCUT2D eigenvalue weighted by molar-refractivity contribution is 0.595. The van der Waals surface area contributed by atoms with Crippen molar-refractivity contribution in [2.45, 2.75) is 26.2 Å². The molecule has 85 valence electrons. The number of hydrogen-bond donors (Lipinski definition) is 0. The second-order valence-corrected chi connectivity index (χ2v) is 4.91. The van der Waals surface area contributed by atoms with E-state index >= 15 is 0 Å². The fourth-order valence-corrected chi connectivity index (χ4v) is 2.77. The third-order valence-corrected chi connectivity index (χ3v) is 3.70. The van der Waals surface area contributed by atoms with Crippen LogP contribution in [0.3, 0.4) is 0 Å². The van der Waals surface area contributed by atoms with Gasteiger partial charge in [0.05, 0.1) is 0 Å². The zero-order valence-corrected chi connectivity index (χ0v) is 10.2. The smallest absolute Gasteiger partial charge is 0.0108 e. The van der Waals surface area contributed by atoms with Crippen molar-refractivity contribution in [3.8, 4) is 0 Å². The molecule has 0 saturated carbocycles. The Morgan fingerprint density at radius 3 is 2.76 bits per heavy atom. The molecule has 0 N–H and O–H groups in total. The van der Waals surface area contributed by atoms with E-state index in [0.29, 0.717) is 5.92 Å². The largest absolute Gasteiger partial charge is 0.0616 e. The van der Waals surface area contributed by atoms with Crippen molar-refractivity contribution in [2.24, 2.45) is 5.92 Å². The molecule has 0 aliphatic heterocycles. The summed E-state index contributed by atoms with van der Waals surface area (Å²) in [6, 6.07) is 15.2. The molecule has 1 aliphatic rings. The van der Waals surface area contributed by atoms with E-state index in [2.05, 4.69) is 55.5 Å². The third-order valence-electron chi connectivity index (χ3n) is 3.70. The van der Waals surface area contributed by atoms with Crippen LogP contribution in [-0.4, -0.2) is 0 Å². The highest BCUT2D eigenvalue weighted by Crippen LogP contribution is 2.35. The summed E-state index contributed by atoms with van der Waals surface area (Å²) in [6.07, 6.45) is 7.29. The normalized spacial score (nSPS) is 20.3. The van der Waals surface area contributed by atoms with Crippen LogP contribution in [0.4, 0.5) is 0 Å². The molecule has 1 unspecified atom stereocenters. The zero-order valence-electron chi connectivity index (χ0n) is 10.2. The summed E-state index contributed by atoms with van der Waals surface area (Å²) in [4.78, 5) is 0. The van der Waals surface area contributed by atoms with Crippen molar-refractivity contribution in [1.82, 2.24) is 0 Å². The van der Waals surface area contributed by atoms with Crippen LogP contribution in [0.1, 0.15) is 31.7 Å². The molecule has 0 saturated heterocycles. The molecule has 3 rings (SSSR count). The minimum absolute atomic E-state index is 0.648. The third kappa shape index (κ3) is 1.88. The monoisotopic (exact) mass is 221 g/mol. The molecule has 0 bridgehead atoms. The topological polar surface area (TPSA) is 0 Å². The van der Waals surface area contributed by atoms with Crippen molar-refractivity contribution in [1.29, 1.82) is 0 Å². The van der Waals surface area contributed by atoms with Crippen LogP contribution in [0.5, 0.6) is 0 Å². The summed E-state index contributed by atoms with van der Waals surface area (Å²) >= 11 is 0. The maximum atomic E-state index is 3.59.